The fourth-order valence-corrected chi connectivity index (χ4v) is 2.36. The molecule has 0 bridgehead atoms. The molecule has 0 aliphatic carbocycles. The molecule has 18 heavy (non-hydrogen) atoms. The van der Waals surface area contributed by atoms with E-state index in [0.29, 0.717) is 23.1 Å². The van der Waals surface area contributed by atoms with E-state index in [1.54, 1.807) is 10.7 Å². The molecule has 1 aromatic carbocycles. The number of ether oxygens (including phenoxy) is 1. The number of rotatable bonds is 3. The summed E-state index contributed by atoms with van der Waals surface area (Å²) >= 11 is 9.51. The van der Waals surface area contributed by atoms with E-state index < -0.39 is 0 Å². The summed E-state index contributed by atoms with van der Waals surface area (Å²) in [7, 11) is 1.84. The number of nitrogen functional groups attached to an aromatic ring is 1. The first-order valence-corrected chi connectivity index (χ1v) is 6.51. The van der Waals surface area contributed by atoms with Gasteiger partial charge in [0.25, 0.3) is 0 Å². The van der Waals surface area contributed by atoms with Crippen molar-refractivity contribution in [1.29, 1.82) is 0 Å². The Bertz CT molecular complexity index is 563. The summed E-state index contributed by atoms with van der Waals surface area (Å²) < 4.78 is 8.27. The van der Waals surface area contributed by atoms with E-state index in [2.05, 4.69) is 21.0 Å². The predicted molar refractivity (Wildman–Crippen MR) is 75.8 cm³/mol. The Morgan fingerprint density at radius 3 is 2.72 bits per heavy atom. The topological polar surface area (TPSA) is 53.1 Å². The zero-order valence-electron chi connectivity index (χ0n) is 10.1. The Morgan fingerprint density at radius 2 is 2.17 bits per heavy atom. The summed E-state index contributed by atoms with van der Waals surface area (Å²) in [5.41, 5.74) is 8.02. The minimum atomic E-state index is 0.353. The van der Waals surface area contributed by atoms with Crippen LogP contribution in [0.15, 0.2) is 22.7 Å². The van der Waals surface area contributed by atoms with E-state index in [4.69, 9.17) is 22.1 Å². The van der Waals surface area contributed by atoms with Gasteiger partial charge in [-0.2, -0.15) is 5.10 Å². The second-order valence-corrected chi connectivity index (χ2v) is 5.27. The minimum Gasteiger partial charge on any atom is -0.487 e. The highest BCUT2D eigenvalue weighted by atomic mass is 79.9. The molecule has 2 N–H and O–H groups in total. The molecule has 0 radical (unpaired) electrons. The molecule has 0 spiro atoms. The third-order valence-corrected chi connectivity index (χ3v) is 3.48. The molecule has 0 fully saturated rings. The molecule has 0 aliphatic rings. The van der Waals surface area contributed by atoms with Gasteiger partial charge in [0.15, 0.2) is 0 Å². The molecule has 0 amide bonds. The largest absolute Gasteiger partial charge is 0.487 e. The van der Waals surface area contributed by atoms with Crippen molar-refractivity contribution >= 4 is 33.2 Å². The lowest BCUT2D eigenvalue weighted by Crippen LogP contribution is -2.03. The molecule has 96 valence electrons. The van der Waals surface area contributed by atoms with Crippen LogP contribution in [0.1, 0.15) is 11.4 Å². The first-order chi connectivity index (χ1) is 8.47. The summed E-state index contributed by atoms with van der Waals surface area (Å²) in [5, 5.41) is 4.87. The van der Waals surface area contributed by atoms with Gasteiger partial charge in [-0.25, -0.2) is 0 Å². The van der Waals surface area contributed by atoms with E-state index in [1.165, 1.54) is 0 Å². The maximum Gasteiger partial charge on any atom is 0.131 e. The molecule has 0 saturated carbocycles. The Labute approximate surface area is 119 Å². The van der Waals surface area contributed by atoms with Crippen molar-refractivity contribution in [2.75, 3.05) is 5.73 Å². The number of aromatic nitrogens is 2. The highest BCUT2D eigenvalue weighted by Crippen LogP contribution is 2.25. The molecule has 1 aromatic heterocycles. The van der Waals surface area contributed by atoms with Crippen LogP contribution in [-0.4, -0.2) is 9.78 Å². The van der Waals surface area contributed by atoms with Crippen molar-refractivity contribution in [3.05, 3.63) is 39.1 Å². The van der Waals surface area contributed by atoms with Gasteiger partial charge >= 0.3 is 0 Å². The number of nitrogens with two attached hydrogens (primary N) is 1. The van der Waals surface area contributed by atoms with Gasteiger partial charge in [0, 0.05) is 23.3 Å². The minimum absolute atomic E-state index is 0.353. The van der Waals surface area contributed by atoms with Crippen LogP contribution in [0.3, 0.4) is 0 Å². The first-order valence-electron chi connectivity index (χ1n) is 5.34. The molecular weight excluding hydrogens is 318 g/mol. The quantitative estimate of drug-likeness (QED) is 0.879. The van der Waals surface area contributed by atoms with Crippen LogP contribution in [-0.2, 0) is 13.7 Å². The van der Waals surface area contributed by atoms with Crippen molar-refractivity contribution in [2.24, 2.45) is 7.05 Å². The van der Waals surface area contributed by atoms with Crippen LogP contribution in [0.4, 0.5) is 5.69 Å². The second-order valence-electron chi connectivity index (χ2n) is 3.98. The predicted octanol–water partition coefficient (Wildman–Crippen LogP) is 3.31. The van der Waals surface area contributed by atoms with E-state index >= 15 is 0 Å². The Kier molecular flexibility index (Phi) is 3.82. The number of nitrogens with zero attached hydrogens (tertiary/aromatic N) is 2. The molecular formula is C12H13BrClN3O. The lowest BCUT2D eigenvalue weighted by atomic mass is 10.3. The summed E-state index contributed by atoms with van der Waals surface area (Å²) in [6.45, 7) is 2.22. The standard InChI is InChI=1S/C12H13BrClN3O/c1-7-12(14)11(17(2)16-7)6-18-10-4-8(13)3-9(15)5-10/h3-5H,6,15H2,1-2H3. The second kappa shape index (κ2) is 5.20. The Balaban J connectivity index is 2.16. The lowest BCUT2D eigenvalue weighted by Gasteiger charge is -2.08. The van der Waals surface area contributed by atoms with Gasteiger partial charge in [-0.1, -0.05) is 27.5 Å². The van der Waals surface area contributed by atoms with Gasteiger partial charge in [-0.3, -0.25) is 4.68 Å². The highest BCUT2D eigenvalue weighted by molar-refractivity contribution is 9.10. The molecule has 0 saturated heterocycles. The number of hydrogen-bond acceptors (Lipinski definition) is 3. The van der Waals surface area contributed by atoms with E-state index in [1.807, 2.05) is 26.1 Å². The SMILES string of the molecule is Cc1nn(C)c(COc2cc(N)cc(Br)c2)c1Cl. The maximum absolute atomic E-state index is 6.15. The Hall–Kier alpha value is -1.20. The molecule has 2 rings (SSSR count). The van der Waals surface area contributed by atoms with Gasteiger partial charge in [0.2, 0.25) is 0 Å². The van der Waals surface area contributed by atoms with Crippen molar-refractivity contribution in [3.8, 4) is 5.75 Å². The maximum atomic E-state index is 6.15. The van der Waals surface area contributed by atoms with Crippen molar-refractivity contribution in [1.82, 2.24) is 9.78 Å². The zero-order valence-corrected chi connectivity index (χ0v) is 12.4. The van der Waals surface area contributed by atoms with Gasteiger partial charge in [-0.05, 0) is 19.1 Å². The fraction of sp³-hybridized carbons (Fsp3) is 0.250. The summed E-state index contributed by atoms with van der Waals surface area (Å²) in [5.74, 6) is 0.691. The number of anilines is 1. The van der Waals surface area contributed by atoms with Gasteiger partial charge < -0.3 is 10.5 Å². The molecule has 0 atom stereocenters. The highest BCUT2D eigenvalue weighted by Gasteiger charge is 2.11. The molecule has 6 heteroatoms. The monoisotopic (exact) mass is 329 g/mol. The molecule has 0 aliphatic heterocycles. The summed E-state index contributed by atoms with van der Waals surface area (Å²) in [6.07, 6.45) is 0. The Morgan fingerprint density at radius 1 is 1.44 bits per heavy atom. The molecule has 1 heterocycles. The van der Waals surface area contributed by atoms with Crippen LogP contribution in [0.5, 0.6) is 5.75 Å². The third-order valence-electron chi connectivity index (χ3n) is 2.53. The zero-order chi connectivity index (χ0) is 13.3. The first kappa shape index (κ1) is 13.2. The van der Waals surface area contributed by atoms with Crippen LogP contribution in [0.25, 0.3) is 0 Å². The van der Waals surface area contributed by atoms with E-state index in [9.17, 15) is 0 Å². The number of hydrogen-bond donors (Lipinski definition) is 1. The lowest BCUT2D eigenvalue weighted by molar-refractivity contribution is 0.295. The normalized spacial score (nSPS) is 10.7. The van der Waals surface area contributed by atoms with Crippen LogP contribution in [0.2, 0.25) is 5.02 Å². The third kappa shape index (κ3) is 2.79. The fourth-order valence-electron chi connectivity index (χ4n) is 1.66. The van der Waals surface area contributed by atoms with Crippen LogP contribution >= 0.6 is 27.5 Å². The average molecular weight is 331 g/mol. The van der Waals surface area contributed by atoms with E-state index in [-0.39, 0.29) is 0 Å². The average Bonchev–Trinajstić information content (AvgIpc) is 2.50. The van der Waals surface area contributed by atoms with Crippen molar-refractivity contribution < 1.29 is 4.74 Å². The number of benzene rings is 1. The smallest absolute Gasteiger partial charge is 0.131 e. The number of aryl methyl sites for hydroxylation is 2. The van der Waals surface area contributed by atoms with E-state index in [0.717, 1.165) is 15.9 Å². The molecule has 0 unspecified atom stereocenters. The van der Waals surface area contributed by atoms with Crippen LogP contribution in [0, 0.1) is 6.92 Å². The van der Waals surface area contributed by atoms with Crippen LogP contribution < -0.4 is 10.5 Å². The molecule has 2 aromatic rings. The summed E-state index contributed by atoms with van der Waals surface area (Å²) in [4.78, 5) is 0. The van der Waals surface area contributed by atoms with Crippen molar-refractivity contribution in [3.63, 3.8) is 0 Å². The van der Waals surface area contributed by atoms with Gasteiger partial charge in [0.05, 0.1) is 16.4 Å². The van der Waals surface area contributed by atoms with Gasteiger partial charge in [0.1, 0.15) is 12.4 Å². The molecule has 4 nitrogen and oxygen atoms in total. The number of halogens is 2. The van der Waals surface area contributed by atoms with Crippen molar-refractivity contribution in [2.45, 2.75) is 13.5 Å². The van der Waals surface area contributed by atoms with Gasteiger partial charge in [-0.15, -0.1) is 0 Å². The summed E-state index contributed by atoms with van der Waals surface area (Å²) in [6, 6.07) is 5.43.